The fraction of sp³-hybridized carbons (Fsp3) is 0.529. The van der Waals surface area contributed by atoms with Crippen LogP contribution in [0.5, 0.6) is 5.75 Å². The van der Waals surface area contributed by atoms with Gasteiger partial charge >= 0.3 is 0 Å². The fourth-order valence-corrected chi connectivity index (χ4v) is 2.81. The summed E-state index contributed by atoms with van der Waals surface area (Å²) < 4.78 is 5.36. The number of hydrogen-bond donors (Lipinski definition) is 3. The summed E-state index contributed by atoms with van der Waals surface area (Å²) in [5.74, 6) is 0.488. The van der Waals surface area contributed by atoms with E-state index < -0.39 is 5.91 Å². The van der Waals surface area contributed by atoms with Gasteiger partial charge in [-0.25, -0.2) is 0 Å². The third-order valence-electron chi connectivity index (χ3n) is 4.08. The lowest BCUT2D eigenvalue weighted by atomic mass is 9.93. The Balaban J connectivity index is 1.94. The number of carbonyl (C=O) groups is 2. The second-order valence-corrected chi connectivity index (χ2v) is 5.78. The van der Waals surface area contributed by atoms with Crippen molar-refractivity contribution < 1.29 is 14.3 Å². The molecule has 0 aliphatic carbocycles. The van der Waals surface area contributed by atoms with E-state index in [9.17, 15) is 9.59 Å². The summed E-state index contributed by atoms with van der Waals surface area (Å²) in [5.41, 5.74) is 6.10. The van der Waals surface area contributed by atoms with Gasteiger partial charge in [-0.15, -0.1) is 0 Å². The van der Waals surface area contributed by atoms with E-state index in [0.717, 1.165) is 32.4 Å². The highest BCUT2D eigenvalue weighted by Gasteiger charge is 2.16. The molecule has 0 radical (unpaired) electrons. The molecule has 1 aliphatic rings. The first-order chi connectivity index (χ1) is 11.1. The monoisotopic (exact) mass is 319 g/mol. The van der Waals surface area contributed by atoms with E-state index in [1.807, 2.05) is 6.92 Å². The molecule has 1 saturated heterocycles. The maximum Gasteiger partial charge on any atom is 0.250 e. The van der Waals surface area contributed by atoms with Crippen LogP contribution in [0.15, 0.2) is 18.2 Å². The molecule has 1 aromatic carbocycles. The number of ether oxygens (including phenoxy) is 1. The molecule has 0 aromatic heterocycles. The standard InChI is InChI=1S/C17H25N3O3/c1-2-23-13-4-5-15(14(11-13)17(18)22)20-16(21)6-3-12-7-9-19-10-8-12/h4-5,11-12,19H,2-3,6-10H2,1H3,(H2,18,22)(H,20,21). The lowest BCUT2D eigenvalue weighted by Gasteiger charge is -2.22. The Morgan fingerprint density at radius 3 is 2.74 bits per heavy atom. The van der Waals surface area contributed by atoms with Crippen LogP contribution >= 0.6 is 0 Å². The Kier molecular flexibility index (Phi) is 6.40. The number of rotatable bonds is 7. The molecule has 1 heterocycles. The average Bonchev–Trinajstić information content (AvgIpc) is 2.55. The minimum atomic E-state index is -0.583. The van der Waals surface area contributed by atoms with E-state index in [-0.39, 0.29) is 11.5 Å². The maximum absolute atomic E-state index is 12.1. The zero-order valence-electron chi connectivity index (χ0n) is 13.6. The lowest BCUT2D eigenvalue weighted by Crippen LogP contribution is -2.28. The van der Waals surface area contributed by atoms with Crippen molar-refractivity contribution in [2.24, 2.45) is 11.7 Å². The summed E-state index contributed by atoms with van der Waals surface area (Å²) in [6.07, 6.45) is 3.55. The summed E-state index contributed by atoms with van der Waals surface area (Å²) in [6.45, 7) is 4.41. The number of nitrogens with two attached hydrogens (primary N) is 1. The first kappa shape index (κ1) is 17.3. The van der Waals surface area contributed by atoms with Crippen molar-refractivity contribution in [1.82, 2.24) is 5.32 Å². The highest BCUT2D eigenvalue weighted by atomic mass is 16.5. The number of hydrogen-bond acceptors (Lipinski definition) is 4. The second kappa shape index (κ2) is 8.53. The summed E-state index contributed by atoms with van der Waals surface area (Å²) in [7, 11) is 0. The molecule has 23 heavy (non-hydrogen) atoms. The van der Waals surface area contributed by atoms with Gasteiger partial charge in [-0.1, -0.05) is 0 Å². The molecule has 1 aliphatic heterocycles. The van der Waals surface area contributed by atoms with Crippen LogP contribution in [0.3, 0.4) is 0 Å². The molecule has 0 spiro atoms. The van der Waals surface area contributed by atoms with Crippen LogP contribution < -0.4 is 21.1 Å². The van der Waals surface area contributed by atoms with Gasteiger partial charge in [0.05, 0.1) is 17.9 Å². The molecule has 0 unspecified atom stereocenters. The Morgan fingerprint density at radius 2 is 2.09 bits per heavy atom. The highest BCUT2D eigenvalue weighted by Crippen LogP contribution is 2.23. The quantitative estimate of drug-likeness (QED) is 0.715. The first-order valence-corrected chi connectivity index (χ1v) is 8.17. The van der Waals surface area contributed by atoms with Crippen molar-refractivity contribution in [3.8, 4) is 5.75 Å². The van der Waals surface area contributed by atoms with Gasteiger partial charge in [0.25, 0.3) is 5.91 Å². The summed E-state index contributed by atoms with van der Waals surface area (Å²) >= 11 is 0. The molecule has 4 N–H and O–H groups in total. The molecule has 0 bridgehead atoms. The number of piperidine rings is 1. The number of anilines is 1. The Morgan fingerprint density at radius 1 is 1.35 bits per heavy atom. The second-order valence-electron chi connectivity index (χ2n) is 5.78. The lowest BCUT2D eigenvalue weighted by molar-refractivity contribution is -0.116. The van der Waals surface area contributed by atoms with Crippen LogP contribution in [0.25, 0.3) is 0 Å². The van der Waals surface area contributed by atoms with Crippen molar-refractivity contribution in [3.63, 3.8) is 0 Å². The fourth-order valence-electron chi connectivity index (χ4n) is 2.81. The number of nitrogens with one attached hydrogen (secondary N) is 2. The minimum absolute atomic E-state index is 0.0878. The molecule has 1 fully saturated rings. The molecule has 2 rings (SSSR count). The van der Waals surface area contributed by atoms with Crippen molar-refractivity contribution in [1.29, 1.82) is 0 Å². The van der Waals surface area contributed by atoms with Crippen LogP contribution in [-0.2, 0) is 4.79 Å². The molecule has 2 amide bonds. The number of benzene rings is 1. The Hall–Kier alpha value is -2.08. The van der Waals surface area contributed by atoms with E-state index in [2.05, 4.69) is 10.6 Å². The third-order valence-corrected chi connectivity index (χ3v) is 4.08. The van der Waals surface area contributed by atoms with Crippen LogP contribution in [0.1, 0.15) is 43.0 Å². The van der Waals surface area contributed by atoms with E-state index in [1.165, 1.54) is 0 Å². The number of amides is 2. The van der Waals surface area contributed by atoms with Crippen LogP contribution in [-0.4, -0.2) is 31.5 Å². The SMILES string of the molecule is CCOc1ccc(NC(=O)CCC2CCNCC2)c(C(N)=O)c1. The van der Waals surface area contributed by atoms with Gasteiger partial charge in [0, 0.05) is 6.42 Å². The molecular weight excluding hydrogens is 294 g/mol. The summed E-state index contributed by atoms with van der Waals surface area (Å²) in [5, 5.41) is 6.10. The van der Waals surface area contributed by atoms with E-state index >= 15 is 0 Å². The minimum Gasteiger partial charge on any atom is -0.494 e. The van der Waals surface area contributed by atoms with Gasteiger partial charge < -0.3 is 21.1 Å². The zero-order chi connectivity index (χ0) is 16.7. The van der Waals surface area contributed by atoms with Gasteiger partial charge in [0.1, 0.15) is 5.75 Å². The molecule has 6 heteroatoms. The van der Waals surface area contributed by atoms with Gasteiger partial charge in [0.2, 0.25) is 5.91 Å². The van der Waals surface area contributed by atoms with Crippen LogP contribution in [0, 0.1) is 5.92 Å². The average molecular weight is 319 g/mol. The van der Waals surface area contributed by atoms with Crippen molar-refractivity contribution >= 4 is 17.5 Å². The van der Waals surface area contributed by atoms with Crippen molar-refractivity contribution in [2.75, 3.05) is 25.0 Å². The Labute approximate surface area is 136 Å². The van der Waals surface area contributed by atoms with Gasteiger partial charge in [-0.2, -0.15) is 0 Å². The maximum atomic E-state index is 12.1. The van der Waals surface area contributed by atoms with Gasteiger partial charge in [0.15, 0.2) is 0 Å². The van der Waals surface area contributed by atoms with E-state index in [1.54, 1.807) is 18.2 Å². The topological polar surface area (TPSA) is 93.4 Å². The third kappa shape index (κ3) is 5.25. The molecular formula is C17H25N3O3. The highest BCUT2D eigenvalue weighted by molar-refractivity contribution is 6.03. The zero-order valence-corrected chi connectivity index (χ0v) is 13.6. The van der Waals surface area contributed by atoms with Gasteiger partial charge in [-0.3, -0.25) is 9.59 Å². The summed E-state index contributed by atoms with van der Waals surface area (Å²) in [6, 6.07) is 4.94. The van der Waals surface area contributed by atoms with Crippen LogP contribution in [0.4, 0.5) is 5.69 Å². The van der Waals surface area contributed by atoms with Crippen molar-refractivity contribution in [3.05, 3.63) is 23.8 Å². The van der Waals surface area contributed by atoms with E-state index in [0.29, 0.717) is 30.4 Å². The Bertz CT molecular complexity index is 554. The molecule has 0 atom stereocenters. The number of carbonyl (C=O) groups excluding carboxylic acids is 2. The van der Waals surface area contributed by atoms with Crippen LogP contribution in [0.2, 0.25) is 0 Å². The molecule has 126 valence electrons. The van der Waals surface area contributed by atoms with Crippen molar-refractivity contribution in [2.45, 2.75) is 32.6 Å². The molecule has 1 aromatic rings. The van der Waals surface area contributed by atoms with Gasteiger partial charge in [-0.05, 0) is 63.4 Å². The summed E-state index contributed by atoms with van der Waals surface area (Å²) in [4.78, 5) is 23.7. The normalized spacial score (nSPS) is 15.2. The largest absolute Gasteiger partial charge is 0.494 e. The first-order valence-electron chi connectivity index (χ1n) is 8.17. The molecule has 6 nitrogen and oxygen atoms in total. The van der Waals surface area contributed by atoms with E-state index in [4.69, 9.17) is 10.5 Å². The number of primary amides is 1. The molecule has 0 saturated carbocycles. The predicted octanol–water partition coefficient (Wildman–Crippen LogP) is 1.90. The predicted molar refractivity (Wildman–Crippen MR) is 89.6 cm³/mol. The smallest absolute Gasteiger partial charge is 0.250 e.